The van der Waals surface area contributed by atoms with Crippen molar-refractivity contribution in [3.05, 3.63) is 87.4 Å². The topological polar surface area (TPSA) is 48.1 Å². The van der Waals surface area contributed by atoms with Crippen LogP contribution in [0.2, 0.25) is 0 Å². The summed E-state index contributed by atoms with van der Waals surface area (Å²) in [6, 6.07) is 14.8. The predicted octanol–water partition coefficient (Wildman–Crippen LogP) is 6.52. The van der Waals surface area contributed by atoms with Crippen LogP contribution in [0, 0.1) is 17.4 Å². The van der Waals surface area contributed by atoms with Crippen LogP contribution in [-0.4, -0.2) is 28.9 Å². The molecule has 2 N–H and O–H groups in total. The van der Waals surface area contributed by atoms with Gasteiger partial charge in [-0.1, -0.05) is 49.5 Å². The molecule has 0 aliphatic carbocycles. The Labute approximate surface area is 193 Å². The van der Waals surface area contributed by atoms with E-state index in [1.165, 1.54) is 17.7 Å². The molecular formula is C26H28FN3OS. The van der Waals surface area contributed by atoms with Crippen LogP contribution < -0.4 is 5.32 Å². The number of pyridine rings is 1. The number of H-pyrrole nitrogens is 1. The lowest BCUT2D eigenvalue weighted by molar-refractivity contribution is 0.0713. The maximum Gasteiger partial charge on any atom is 0.257 e. The van der Waals surface area contributed by atoms with Gasteiger partial charge in [0.25, 0.3) is 5.91 Å². The lowest BCUT2D eigenvalue weighted by atomic mass is 9.89. The molecule has 6 heteroatoms. The van der Waals surface area contributed by atoms with Gasteiger partial charge in [0.1, 0.15) is 10.5 Å². The van der Waals surface area contributed by atoms with Gasteiger partial charge >= 0.3 is 0 Å². The van der Waals surface area contributed by atoms with Crippen LogP contribution in [0.25, 0.3) is 0 Å². The summed E-state index contributed by atoms with van der Waals surface area (Å²) in [5, 5.41) is 3.49. The standard InChI is InChI=1S/C26H28FN3OS/c1-3-18-6-4-5-7-23(18)29-24-17(2)25(32)28-16-22(24)26(31)30-14-12-20(13-15-30)19-8-10-21(27)11-9-19/h4-11,16,20H,3,12-15H2,1-2H3,(H2,28,29,32). The van der Waals surface area contributed by atoms with Gasteiger partial charge in [0, 0.05) is 30.5 Å². The fraction of sp³-hybridized carbons (Fsp3) is 0.308. The average Bonchev–Trinajstić information content (AvgIpc) is 2.83. The number of aromatic amines is 1. The van der Waals surface area contributed by atoms with E-state index in [4.69, 9.17) is 12.2 Å². The highest BCUT2D eigenvalue weighted by atomic mass is 32.1. The Hall–Kier alpha value is -2.99. The molecule has 2 aromatic carbocycles. The molecule has 1 saturated heterocycles. The number of carbonyl (C=O) groups is 1. The van der Waals surface area contributed by atoms with Crippen LogP contribution in [0.1, 0.15) is 52.7 Å². The van der Waals surface area contributed by atoms with Crippen LogP contribution in [0.5, 0.6) is 0 Å². The summed E-state index contributed by atoms with van der Waals surface area (Å²) >= 11 is 5.45. The highest BCUT2D eigenvalue weighted by molar-refractivity contribution is 7.71. The van der Waals surface area contributed by atoms with Gasteiger partial charge in [-0.2, -0.15) is 0 Å². The number of rotatable bonds is 5. The molecule has 0 spiro atoms. The van der Waals surface area contributed by atoms with E-state index in [2.05, 4.69) is 23.3 Å². The number of likely N-dealkylation sites (tertiary alicyclic amines) is 1. The van der Waals surface area contributed by atoms with E-state index in [1.807, 2.05) is 42.2 Å². The number of hydrogen-bond donors (Lipinski definition) is 2. The second kappa shape index (κ2) is 9.65. The number of aromatic nitrogens is 1. The molecule has 0 radical (unpaired) electrons. The molecule has 1 fully saturated rings. The smallest absolute Gasteiger partial charge is 0.257 e. The number of amides is 1. The highest BCUT2D eigenvalue weighted by Crippen LogP contribution is 2.32. The first kappa shape index (κ1) is 22.2. The molecule has 0 bridgehead atoms. The van der Waals surface area contributed by atoms with Crippen molar-refractivity contribution >= 4 is 29.5 Å². The van der Waals surface area contributed by atoms with Crippen molar-refractivity contribution in [1.29, 1.82) is 0 Å². The normalized spacial score (nSPS) is 14.4. The van der Waals surface area contributed by atoms with Crippen molar-refractivity contribution in [2.75, 3.05) is 18.4 Å². The maximum absolute atomic E-state index is 13.5. The van der Waals surface area contributed by atoms with E-state index in [0.717, 1.165) is 41.8 Å². The monoisotopic (exact) mass is 449 g/mol. The van der Waals surface area contributed by atoms with Crippen molar-refractivity contribution in [2.24, 2.45) is 0 Å². The van der Waals surface area contributed by atoms with Gasteiger partial charge in [0.05, 0.1) is 11.3 Å². The third-order valence-electron chi connectivity index (χ3n) is 6.34. The Bertz CT molecular complexity index is 1160. The first-order chi connectivity index (χ1) is 15.5. The number of piperidine rings is 1. The molecule has 1 amide bonds. The predicted molar refractivity (Wildman–Crippen MR) is 130 cm³/mol. The molecule has 2 heterocycles. The summed E-state index contributed by atoms with van der Waals surface area (Å²) in [7, 11) is 0. The van der Waals surface area contributed by atoms with Gasteiger partial charge < -0.3 is 15.2 Å². The van der Waals surface area contributed by atoms with Crippen LogP contribution in [0.4, 0.5) is 15.8 Å². The zero-order valence-corrected chi connectivity index (χ0v) is 19.3. The number of benzene rings is 2. The Kier molecular flexibility index (Phi) is 6.70. The van der Waals surface area contributed by atoms with E-state index in [0.29, 0.717) is 29.2 Å². The molecule has 4 rings (SSSR count). The third kappa shape index (κ3) is 4.60. The van der Waals surface area contributed by atoms with E-state index in [-0.39, 0.29) is 11.7 Å². The molecule has 0 unspecified atom stereocenters. The van der Waals surface area contributed by atoms with Gasteiger partial charge in [0.15, 0.2) is 0 Å². The first-order valence-electron chi connectivity index (χ1n) is 11.1. The minimum atomic E-state index is -0.220. The van der Waals surface area contributed by atoms with E-state index >= 15 is 0 Å². The lowest BCUT2D eigenvalue weighted by Gasteiger charge is -2.33. The summed E-state index contributed by atoms with van der Waals surface area (Å²) in [6.45, 7) is 5.39. The lowest BCUT2D eigenvalue weighted by Crippen LogP contribution is -2.38. The Balaban J connectivity index is 1.56. The molecule has 4 nitrogen and oxygen atoms in total. The third-order valence-corrected chi connectivity index (χ3v) is 6.77. The van der Waals surface area contributed by atoms with Crippen LogP contribution in [0.3, 0.4) is 0 Å². The van der Waals surface area contributed by atoms with Gasteiger partial charge in [-0.25, -0.2) is 4.39 Å². The summed E-state index contributed by atoms with van der Waals surface area (Å²) in [5.74, 6) is 0.119. The SMILES string of the molecule is CCc1ccccc1Nc1c(C(=O)N2CCC(c3ccc(F)cc3)CC2)c[nH]c(=S)c1C. The summed E-state index contributed by atoms with van der Waals surface area (Å²) in [6.07, 6.45) is 4.34. The van der Waals surface area contributed by atoms with E-state index in [9.17, 15) is 9.18 Å². The number of aryl methyl sites for hydroxylation is 1. The molecule has 1 aliphatic rings. The molecule has 0 atom stereocenters. The largest absolute Gasteiger partial charge is 0.354 e. The molecule has 166 valence electrons. The van der Waals surface area contributed by atoms with Gasteiger partial charge in [0.2, 0.25) is 0 Å². The summed E-state index contributed by atoms with van der Waals surface area (Å²) in [5.41, 5.74) is 5.53. The number of para-hydroxylation sites is 1. The van der Waals surface area contributed by atoms with E-state index < -0.39 is 0 Å². The minimum Gasteiger partial charge on any atom is -0.354 e. The number of anilines is 2. The number of nitrogens with one attached hydrogen (secondary N) is 2. The van der Waals surface area contributed by atoms with Crippen molar-refractivity contribution < 1.29 is 9.18 Å². The maximum atomic E-state index is 13.5. The Morgan fingerprint density at radius 2 is 1.84 bits per heavy atom. The number of halogens is 1. The van der Waals surface area contributed by atoms with Crippen LogP contribution in [-0.2, 0) is 6.42 Å². The summed E-state index contributed by atoms with van der Waals surface area (Å²) < 4.78 is 13.9. The van der Waals surface area contributed by atoms with Gasteiger partial charge in [-0.05, 0) is 61.4 Å². The number of carbonyl (C=O) groups excluding carboxylic acids is 1. The number of hydrogen-bond acceptors (Lipinski definition) is 3. The molecule has 0 saturated carbocycles. The molecule has 3 aromatic rings. The number of nitrogens with zero attached hydrogens (tertiary/aromatic N) is 1. The van der Waals surface area contributed by atoms with Gasteiger partial charge in [-0.3, -0.25) is 4.79 Å². The van der Waals surface area contributed by atoms with Crippen LogP contribution in [0.15, 0.2) is 54.7 Å². The van der Waals surface area contributed by atoms with Crippen molar-refractivity contribution in [1.82, 2.24) is 9.88 Å². The average molecular weight is 450 g/mol. The fourth-order valence-electron chi connectivity index (χ4n) is 4.37. The fourth-order valence-corrected chi connectivity index (χ4v) is 4.53. The Morgan fingerprint density at radius 3 is 2.53 bits per heavy atom. The zero-order valence-electron chi connectivity index (χ0n) is 18.5. The van der Waals surface area contributed by atoms with Crippen LogP contribution >= 0.6 is 12.2 Å². The molecule has 1 aliphatic heterocycles. The van der Waals surface area contributed by atoms with Crippen molar-refractivity contribution in [3.63, 3.8) is 0 Å². The Morgan fingerprint density at radius 1 is 1.16 bits per heavy atom. The van der Waals surface area contributed by atoms with Gasteiger partial charge in [-0.15, -0.1) is 0 Å². The molecule has 32 heavy (non-hydrogen) atoms. The zero-order chi connectivity index (χ0) is 22.7. The molecular weight excluding hydrogens is 421 g/mol. The second-order valence-corrected chi connectivity index (χ2v) is 8.69. The minimum absolute atomic E-state index is 0.00612. The van der Waals surface area contributed by atoms with Crippen molar-refractivity contribution in [2.45, 2.75) is 39.0 Å². The highest BCUT2D eigenvalue weighted by Gasteiger charge is 2.27. The first-order valence-corrected chi connectivity index (χ1v) is 11.5. The van der Waals surface area contributed by atoms with E-state index in [1.54, 1.807) is 6.20 Å². The van der Waals surface area contributed by atoms with Crippen molar-refractivity contribution in [3.8, 4) is 0 Å². The molecule has 1 aromatic heterocycles. The second-order valence-electron chi connectivity index (χ2n) is 8.29. The summed E-state index contributed by atoms with van der Waals surface area (Å²) in [4.78, 5) is 18.5. The quantitative estimate of drug-likeness (QED) is 0.436.